The molecule has 3 aromatic rings. The van der Waals surface area contributed by atoms with Crippen LogP contribution in [-0.2, 0) is 30.5 Å². The van der Waals surface area contributed by atoms with Crippen LogP contribution < -0.4 is 4.74 Å². The predicted molar refractivity (Wildman–Crippen MR) is 138 cm³/mol. The van der Waals surface area contributed by atoms with E-state index in [0.29, 0.717) is 25.6 Å². The molecule has 1 aromatic heterocycles. The number of hydrogen-bond donors (Lipinski definition) is 1. The van der Waals surface area contributed by atoms with Crippen LogP contribution in [0.5, 0.6) is 5.75 Å². The molecule has 2 aromatic carbocycles. The molecule has 0 aliphatic carbocycles. The van der Waals surface area contributed by atoms with Crippen molar-refractivity contribution >= 4 is 19.3 Å². The highest BCUT2D eigenvalue weighted by atomic mass is 28.4. The lowest BCUT2D eigenvalue weighted by Gasteiger charge is -2.36. The van der Waals surface area contributed by atoms with Crippen LogP contribution in [0, 0.1) is 5.92 Å². The Hall–Kier alpha value is -2.08. The third kappa shape index (κ3) is 6.08. The number of benzene rings is 2. The Morgan fingerprint density at radius 2 is 1.73 bits per heavy atom. The SMILES string of the molecule is CC(C)Cc1cc2c(CCO)coc2c(CO[Si](C)(C)C(C)(C)C)c1OCc1ccccc1. The van der Waals surface area contributed by atoms with Crippen molar-refractivity contribution in [3.05, 3.63) is 64.9 Å². The Labute approximate surface area is 200 Å². The summed E-state index contributed by atoms with van der Waals surface area (Å²) in [5, 5.41) is 10.7. The van der Waals surface area contributed by atoms with Crippen molar-refractivity contribution in [1.82, 2.24) is 0 Å². The lowest BCUT2D eigenvalue weighted by atomic mass is 9.96. The number of ether oxygens (including phenoxy) is 1. The summed E-state index contributed by atoms with van der Waals surface area (Å²) in [6.07, 6.45) is 3.24. The van der Waals surface area contributed by atoms with Gasteiger partial charge >= 0.3 is 0 Å². The fourth-order valence-corrected chi connectivity index (χ4v) is 4.68. The first kappa shape index (κ1) is 25.5. The van der Waals surface area contributed by atoms with Crippen molar-refractivity contribution < 1.29 is 18.7 Å². The maximum absolute atomic E-state index is 9.56. The maximum atomic E-state index is 9.56. The van der Waals surface area contributed by atoms with E-state index in [9.17, 15) is 5.11 Å². The summed E-state index contributed by atoms with van der Waals surface area (Å²) in [7, 11) is -1.98. The van der Waals surface area contributed by atoms with Gasteiger partial charge in [-0.3, -0.25) is 0 Å². The molecule has 1 N–H and O–H groups in total. The van der Waals surface area contributed by atoms with Crippen molar-refractivity contribution in [3.63, 3.8) is 0 Å². The van der Waals surface area contributed by atoms with E-state index in [1.807, 2.05) is 18.2 Å². The largest absolute Gasteiger partial charge is 0.488 e. The molecule has 0 spiro atoms. The van der Waals surface area contributed by atoms with Gasteiger partial charge in [-0.05, 0) is 54.1 Å². The highest BCUT2D eigenvalue weighted by molar-refractivity contribution is 6.74. The van der Waals surface area contributed by atoms with Crippen molar-refractivity contribution in [2.24, 2.45) is 5.92 Å². The van der Waals surface area contributed by atoms with Crippen molar-refractivity contribution in [2.45, 2.75) is 78.8 Å². The minimum absolute atomic E-state index is 0.0935. The first-order chi connectivity index (χ1) is 15.5. The first-order valence-electron chi connectivity index (χ1n) is 12.0. The average Bonchev–Trinajstić information content (AvgIpc) is 3.13. The summed E-state index contributed by atoms with van der Waals surface area (Å²) in [5.41, 5.74) is 5.12. The van der Waals surface area contributed by atoms with Crippen LogP contribution >= 0.6 is 0 Å². The van der Waals surface area contributed by atoms with Gasteiger partial charge in [0.15, 0.2) is 8.32 Å². The molecule has 0 fully saturated rings. The summed E-state index contributed by atoms with van der Waals surface area (Å²) in [6.45, 7) is 16.8. The fourth-order valence-electron chi connectivity index (χ4n) is 3.75. The van der Waals surface area contributed by atoms with Gasteiger partial charge in [0.2, 0.25) is 0 Å². The maximum Gasteiger partial charge on any atom is 0.192 e. The molecule has 0 atom stereocenters. The third-order valence-electron chi connectivity index (χ3n) is 6.69. The Bertz CT molecular complexity index is 1050. The molecule has 4 nitrogen and oxygen atoms in total. The molecule has 1 heterocycles. The van der Waals surface area contributed by atoms with Gasteiger partial charge in [-0.2, -0.15) is 0 Å². The van der Waals surface area contributed by atoms with E-state index in [0.717, 1.165) is 39.8 Å². The van der Waals surface area contributed by atoms with Gasteiger partial charge in [-0.25, -0.2) is 0 Å². The number of aliphatic hydroxyl groups is 1. The van der Waals surface area contributed by atoms with Crippen LogP contribution in [0.25, 0.3) is 11.0 Å². The second-order valence-corrected chi connectivity index (χ2v) is 15.7. The summed E-state index contributed by atoms with van der Waals surface area (Å²) in [5.74, 6) is 1.35. The molecule has 33 heavy (non-hydrogen) atoms. The molecule has 0 aliphatic rings. The van der Waals surface area contributed by atoms with Gasteiger partial charge in [0, 0.05) is 17.6 Å². The topological polar surface area (TPSA) is 51.8 Å². The number of aliphatic hydroxyl groups excluding tert-OH is 1. The predicted octanol–water partition coefficient (Wildman–Crippen LogP) is 7.27. The quantitative estimate of drug-likeness (QED) is 0.318. The van der Waals surface area contributed by atoms with Gasteiger partial charge in [-0.1, -0.05) is 65.0 Å². The molecule has 3 rings (SSSR count). The van der Waals surface area contributed by atoms with E-state index < -0.39 is 8.32 Å². The Morgan fingerprint density at radius 1 is 1.03 bits per heavy atom. The number of rotatable bonds is 10. The Morgan fingerprint density at radius 3 is 2.33 bits per heavy atom. The average molecular weight is 469 g/mol. The number of furan rings is 1. The minimum Gasteiger partial charge on any atom is -0.488 e. The van der Waals surface area contributed by atoms with Gasteiger partial charge in [0.05, 0.1) is 18.4 Å². The van der Waals surface area contributed by atoms with E-state index in [-0.39, 0.29) is 11.6 Å². The van der Waals surface area contributed by atoms with Gasteiger partial charge in [-0.15, -0.1) is 0 Å². The highest BCUT2D eigenvalue weighted by Crippen LogP contribution is 2.41. The van der Waals surface area contributed by atoms with Gasteiger partial charge in [0.25, 0.3) is 0 Å². The monoisotopic (exact) mass is 468 g/mol. The summed E-state index contributed by atoms with van der Waals surface area (Å²) >= 11 is 0. The van der Waals surface area contributed by atoms with Crippen LogP contribution in [0.2, 0.25) is 18.1 Å². The van der Waals surface area contributed by atoms with Crippen LogP contribution in [0.1, 0.15) is 56.9 Å². The van der Waals surface area contributed by atoms with Crippen LogP contribution in [0.3, 0.4) is 0 Å². The minimum atomic E-state index is -1.98. The number of fused-ring (bicyclic) bond motifs is 1. The Kier molecular flexibility index (Phi) is 8.09. The molecule has 0 unspecified atom stereocenters. The van der Waals surface area contributed by atoms with E-state index in [1.165, 1.54) is 5.56 Å². The zero-order chi connectivity index (χ0) is 24.2. The first-order valence-corrected chi connectivity index (χ1v) is 14.9. The van der Waals surface area contributed by atoms with Crippen LogP contribution in [0.15, 0.2) is 47.1 Å². The molecular formula is C28H40O4Si. The Balaban J connectivity index is 2.10. The fraction of sp³-hybridized carbons (Fsp3) is 0.500. The normalized spacial score (nSPS) is 12.6. The lowest BCUT2D eigenvalue weighted by Crippen LogP contribution is -2.40. The molecule has 0 saturated heterocycles. The van der Waals surface area contributed by atoms with E-state index >= 15 is 0 Å². The molecule has 0 amide bonds. The molecule has 0 aliphatic heterocycles. The summed E-state index contributed by atoms with van der Waals surface area (Å²) in [4.78, 5) is 0. The molecule has 180 valence electrons. The van der Waals surface area contributed by atoms with Gasteiger partial charge in [0.1, 0.15) is 17.9 Å². The standard InChI is InChI=1S/C28H40O4Si/c1-20(2)15-23-16-24-22(13-14-29)18-31-27(24)25(19-32-33(6,7)28(3,4)5)26(23)30-17-21-11-9-8-10-12-21/h8-12,16,18,20,29H,13-15,17,19H2,1-7H3. The summed E-state index contributed by atoms with van der Waals surface area (Å²) in [6, 6.07) is 12.4. The zero-order valence-corrected chi connectivity index (χ0v) is 22.3. The van der Waals surface area contributed by atoms with E-state index in [2.05, 4.69) is 65.9 Å². The van der Waals surface area contributed by atoms with Crippen LogP contribution in [-0.4, -0.2) is 20.0 Å². The van der Waals surface area contributed by atoms with Crippen molar-refractivity contribution in [1.29, 1.82) is 0 Å². The van der Waals surface area contributed by atoms with Gasteiger partial charge < -0.3 is 18.7 Å². The smallest absolute Gasteiger partial charge is 0.192 e. The van der Waals surface area contributed by atoms with Crippen LogP contribution in [0.4, 0.5) is 0 Å². The van der Waals surface area contributed by atoms with E-state index in [4.69, 9.17) is 13.6 Å². The van der Waals surface area contributed by atoms with E-state index in [1.54, 1.807) is 6.26 Å². The van der Waals surface area contributed by atoms with Crippen molar-refractivity contribution in [2.75, 3.05) is 6.61 Å². The molecule has 0 bridgehead atoms. The zero-order valence-electron chi connectivity index (χ0n) is 21.3. The third-order valence-corrected chi connectivity index (χ3v) is 11.2. The molecule has 5 heteroatoms. The van der Waals surface area contributed by atoms with Crippen molar-refractivity contribution in [3.8, 4) is 5.75 Å². The summed E-state index contributed by atoms with van der Waals surface area (Å²) < 4.78 is 19.2. The molecular weight excluding hydrogens is 428 g/mol. The number of hydrogen-bond acceptors (Lipinski definition) is 4. The highest BCUT2D eigenvalue weighted by Gasteiger charge is 2.37. The molecule has 0 saturated carbocycles. The second-order valence-electron chi connectivity index (χ2n) is 10.9. The second kappa shape index (κ2) is 10.5. The lowest BCUT2D eigenvalue weighted by molar-refractivity contribution is 0.255. The molecule has 0 radical (unpaired) electrons.